The van der Waals surface area contributed by atoms with Gasteiger partial charge in [-0.15, -0.1) is 0 Å². The molecule has 148 valence electrons. The van der Waals surface area contributed by atoms with Crippen LogP contribution in [-0.2, 0) is 14.3 Å². The van der Waals surface area contributed by atoms with Crippen LogP contribution in [0, 0.1) is 13.8 Å². The van der Waals surface area contributed by atoms with Gasteiger partial charge in [-0.2, -0.15) is 0 Å². The van der Waals surface area contributed by atoms with Gasteiger partial charge in [0.05, 0.1) is 19.2 Å². The highest BCUT2D eigenvalue weighted by Crippen LogP contribution is 2.24. The molecule has 2 aromatic carbocycles. The smallest absolute Gasteiger partial charge is 0.308 e. The van der Waals surface area contributed by atoms with Gasteiger partial charge >= 0.3 is 5.97 Å². The Morgan fingerprint density at radius 1 is 1.04 bits per heavy atom. The first-order valence-electron chi connectivity index (χ1n) is 8.84. The quantitative estimate of drug-likeness (QED) is 0.683. The van der Waals surface area contributed by atoms with E-state index in [0.717, 1.165) is 11.1 Å². The van der Waals surface area contributed by atoms with Crippen molar-refractivity contribution in [1.82, 2.24) is 5.32 Å². The molecule has 0 aliphatic carbocycles. The van der Waals surface area contributed by atoms with E-state index in [4.69, 9.17) is 9.47 Å². The van der Waals surface area contributed by atoms with Gasteiger partial charge in [0, 0.05) is 12.1 Å². The second kappa shape index (κ2) is 10.1. The van der Waals surface area contributed by atoms with Crippen molar-refractivity contribution in [2.45, 2.75) is 20.3 Å². The maximum absolute atomic E-state index is 12.1. The second-order valence-corrected chi connectivity index (χ2v) is 6.23. The first-order chi connectivity index (χ1) is 13.4. The van der Waals surface area contributed by atoms with Gasteiger partial charge < -0.3 is 20.1 Å². The van der Waals surface area contributed by atoms with Crippen LogP contribution in [0.15, 0.2) is 42.5 Å². The fourth-order valence-corrected chi connectivity index (χ4v) is 2.52. The molecular weight excluding hydrogens is 360 g/mol. The lowest BCUT2D eigenvalue weighted by Gasteiger charge is -2.11. The highest BCUT2D eigenvalue weighted by molar-refractivity contribution is 5.96. The molecule has 2 rings (SSSR count). The summed E-state index contributed by atoms with van der Waals surface area (Å²) in [6.07, 6.45) is -0.0291. The van der Waals surface area contributed by atoms with E-state index in [2.05, 4.69) is 10.6 Å². The minimum Gasteiger partial charge on any atom is -0.495 e. The van der Waals surface area contributed by atoms with E-state index in [1.165, 1.54) is 7.11 Å². The number of carbonyl (C=O) groups is 3. The van der Waals surface area contributed by atoms with Gasteiger partial charge in [-0.3, -0.25) is 14.4 Å². The van der Waals surface area contributed by atoms with Gasteiger partial charge in [-0.25, -0.2) is 0 Å². The van der Waals surface area contributed by atoms with E-state index in [0.29, 0.717) is 17.0 Å². The summed E-state index contributed by atoms with van der Waals surface area (Å²) in [4.78, 5) is 35.8. The Kier molecular flexibility index (Phi) is 7.56. The van der Waals surface area contributed by atoms with Crippen molar-refractivity contribution in [3.63, 3.8) is 0 Å². The molecule has 0 heterocycles. The van der Waals surface area contributed by atoms with Crippen molar-refractivity contribution < 1.29 is 23.9 Å². The molecule has 2 amide bonds. The highest BCUT2D eigenvalue weighted by Gasteiger charge is 2.12. The molecule has 2 aromatic rings. The topological polar surface area (TPSA) is 93.7 Å². The Labute approximate surface area is 164 Å². The fourth-order valence-electron chi connectivity index (χ4n) is 2.52. The van der Waals surface area contributed by atoms with Crippen LogP contribution in [0.5, 0.6) is 5.75 Å². The summed E-state index contributed by atoms with van der Waals surface area (Å²) in [6.45, 7) is 3.44. The molecule has 7 nitrogen and oxygen atoms in total. The standard InChI is InChI=1S/C21H24N2O5/c1-14-8-9-18(27-3)17(12-14)23-19(24)13-28-20(25)10-11-22-21(26)16-7-5-4-6-15(16)2/h4-9,12H,10-11,13H2,1-3H3,(H,22,26)(H,23,24). The number of carbonyl (C=O) groups excluding carboxylic acids is 3. The van der Waals surface area contributed by atoms with Gasteiger partial charge in [0.1, 0.15) is 5.75 Å². The van der Waals surface area contributed by atoms with Gasteiger partial charge in [0.2, 0.25) is 0 Å². The molecule has 0 radical (unpaired) electrons. The second-order valence-electron chi connectivity index (χ2n) is 6.23. The maximum atomic E-state index is 12.1. The number of aryl methyl sites for hydroxylation is 2. The lowest BCUT2D eigenvalue weighted by molar-refractivity contribution is -0.147. The molecule has 0 unspecified atom stereocenters. The zero-order chi connectivity index (χ0) is 20.5. The highest BCUT2D eigenvalue weighted by atomic mass is 16.5. The molecule has 0 atom stereocenters. The Balaban J connectivity index is 1.74. The summed E-state index contributed by atoms with van der Waals surface area (Å²) in [5, 5.41) is 5.31. The summed E-state index contributed by atoms with van der Waals surface area (Å²) >= 11 is 0. The third-order valence-corrected chi connectivity index (χ3v) is 4.00. The number of methoxy groups -OCH3 is 1. The maximum Gasteiger partial charge on any atom is 0.308 e. The lowest BCUT2D eigenvalue weighted by atomic mass is 10.1. The number of ether oxygens (including phenoxy) is 2. The predicted molar refractivity (Wildman–Crippen MR) is 105 cm³/mol. The van der Waals surface area contributed by atoms with Crippen molar-refractivity contribution in [3.05, 3.63) is 59.2 Å². The van der Waals surface area contributed by atoms with E-state index in [9.17, 15) is 14.4 Å². The van der Waals surface area contributed by atoms with Crippen LogP contribution in [0.1, 0.15) is 27.9 Å². The molecular formula is C21H24N2O5. The monoisotopic (exact) mass is 384 g/mol. The van der Waals surface area contributed by atoms with Crippen molar-refractivity contribution >= 4 is 23.5 Å². The largest absolute Gasteiger partial charge is 0.495 e. The zero-order valence-electron chi connectivity index (χ0n) is 16.2. The Morgan fingerprint density at radius 3 is 2.50 bits per heavy atom. The average Bonchev–Trinajstić information content (AvgIpc) is 2.67. The first kappa shape index (κ1) is 21.0. The van der Waals surface area contributed by atoms with Gasteiger partial charge in [0.15, 0.2) is 6.61 Å². The van der Waals surface area contributed by atoms with Crippen LogP contribution < -0.4 is 15.4 Å². The number of hydrogen-bond donors (Lipinski definition) is 2. The minimum atomic E-state index is -0.573. The van der Waals surface area contributed by atoms with E-state index in [1.54, 1.807) is 24.3 Å². The Bertz CT molecular complexity index is 864. The third-order valence-electron chi connectivity index (χ3n) is 4.00. The normalized spacial score (nSPS) is 10.1. The molecule has 28 heavy (non-hydrogen) atoms. The third kappa shape index (κ3) is 6.12. The molecule has 0 aliphatic rings. The van der Waals surface area contributed by atoms with Crippen LogP contribution in [0.2, 0.25) is 0 Å². The van der Waals surface area contributed by atoms with Crippen LogP contribution in [0.25, 0.3) is 0 Å². The molecule has 0 aromatic heterocycles. The number of anilines is 1. The number of nitrogens with one attached hydrogen (secondary N) is 2. The lowest BCUT2D eigenvalue weighted by Crippen LogP contribution is -2.28. The number of amides is 2. The Morgan fingerprint density at radius 2 is 1.79 bits per heavy atom. The van der Waals surface area contributed by atoms with Crippen LogP contribution in [0.3, 0.4) is 0 Å². The van der Waals surface area contributed by atoms with E-state index < -0.39 is 18.5 Å². The zero-order valence-corrected chi connectivity index (χ0v) is 16.2. The summed E-state index contributed by atoms with van der Waals surface area (Å²) in [5.41, 5.74) is 2.87. The molecule has 0 saturated carbocycles. The predicted octanol–water partition coefficient (Wildman–Crippen LogP) is 2.61. The molecule has 0 spiro atoms. The summed E-state index contributed by atoms with van der Waals surface area (Å²) in [5.74, 6) is -0.781. The van der Waals surface area contributed by atoms with Crippen LogP contribution in [-0.4, -0.2) is 38.0 Å². The Hall–Kier alpha value is -3.35. The molecule has 0 saturated heterocycles. The van der Waals surface area contributed by atoms with E-state index in [1.807, 2.05) is 32.0 Å². The van der Waals surface area contributed by atoms with Crippen molar-refractivity contribution in [3.8, 4) is 5.75 Å². The fraction of sp³-hybridized carbons (Fsp3) is 0.286. The molecule has 0 aliphatic heterocycles. The van der Waals surface area contributed by atoms with E-state index in [-0.39, 0.29) is 18.9 Å². The number of benzene rings is 2. The number of hydrogen-bond acceptors (Lipinski definition) is 5. The van der Waals surface area contributed by atoms with Gasteiger partial charge in [0.25, 0.3) is 11.8 Å². The van der Waals surface area contributed by atoms with Gasteiger partial charge in [-0.05, 0) is 43.2 Å². The summed E-state index contributed by atoms with van der Waals surface area (Å²) in [7, 11) is 1.51. The van der Waals surface area contributed by atoms with Crippen molar-refractivity contribution in [2.75, 3.05) is 25.6 Å². The average molecular weight is 384 g/mol. The number of rotatable bonds is 8. The molecule has 7 heteroatoms. The summed E-state index contributed by atoms with van der Waals surface area (Å²) in [6, 6.07) is 12.5. The van der Waals surface area contributed by atoms with Crippen molar-refractivity contribution in [2.24, 2.45) is 0 Å². The minimum absolute atomic E-state index is 0.0291. The van der Waals surface area contributed by atoms with Gasteiger partial charge in [-0.1, -0.05) is 24.3 Å². The van der Waals surface area contributed by atoms with E-state index >= 15 is 0 Å². The van der Waals surface area contributed by atoms with Crippen LogP contribution >= 0.6 is 0 Å². The summed E-state index contributed by atoms with van der Waals surface area (Å²) < 4.78 is 10.1. The molecule has 2 N–H and O–H groups in total. The molecule has 0 fully saturated rings. The SMILES string of the molecule is COc1ccc(C)cc1NC(=O)COC(=O)CCNC(=O)c1ccccc1C. The number of esters is 1. The first-order valence-corrected chi connectivity index (χ1v) is 8.84. The molecule has 0 bridgehead atoms. The van der Waals surface area contributed by atoms with Crippen LogP contribution in [0.4, 0.5) is 5.69 Å². The van der Waals surface area contributed by atoms with Crippen molar-refractivity contribution in [1.29, 1.82) is 0 Å².